The summed E-state index contributed by atoms with van der Waals surface area (Å²) in [7, 11) is 5.67. The molecule has 0 aliphatic heterocycles. The van der Waals surface area contributed by atoms with Gasteiger partial charge in [-0.05, 0) is 98.4 Å². The second kappa shape index (κ2) is 10.7. The number of aryl methyl sites for hydroxylation is 2. The molecule has 3 aromatic rings. The predicted octanol–water partition coefficient (Wildman–Crippen LogP) is 5.62. The van der Waals surface area contributed by atoms with Crippen LogP contribution in [0.2, 0.25) is 0 Å². The molecule has 4 rings (SSSR count). The third-order valence-corrected chi connectivity index (χ3v) is 6.46. The predicted molar refractivity (Wildman–Crippen MR) is 132 cm³/mol. The lowest BCUT2D eigenvalue weighted by molar-refractivity contribution is 0.0600. The van der Waals surface area contributed by atoms with Gasteiger partial charge in [-0.15, -0.1) is 0 Å². The van der Waals surface area contributed by atoms with Crippen LogP contribution in [0.4, 0.5) is 0 Å². The molecule has 1 aliphatic rings. The Balaban J connectivity index is 1.51. The maximum Gasteiger partial charge on any atom is 0.337 e. The lowest BCUT2D eigenvalue weighted by Crippen LogP contribution is -2.14. The number of hydrogen-bond donors (Lipinski definition) is 0. The zero-order valence-corrected chi connectivity index (χ0v) is 19.8. The Morgan fingerprint density at radius 2 is 1.67 bits per heavy atom. The molecule has 1 unspecified atom stereocenters. The van der Waals surface area contributed by atoms with E-state index in [9.17, 15) is 4.79 Å². The molecule has 1 aliphatic carbocycles. The van der Waals surface area contributed by atoms with E-state index in [1.165, 1.54) is 35.8 Å². The van der Waals surface area contributed by atoms with Crippen molar-refractivity contribution >= 4 is 5.97 Å². The van der Waals surface area contributed by atoms with E-state index >= 15 is 0 Å². The second-order valence-electron chi connectivity index (χ2n) is 9.03. The van der Waals surface area contributed by atoms with Crippen LogP contribution >= 0.6 is 0 Å². The van der Waals surface area contributed by atoms with Gasteiger partial charge in [0.2, 0.25) is 0 Å². The average Bonchev–Trinajstić information content (AvgIpc) is 2.99. The summed E-state index contributed by atoms with van der Waals surface area (Å²) < 4.78 is 10.9. The van der Waals surface area contributed by atoms with Gasteiger partial charge in [-0.25, -0.2) is 4.79 Å². The van der Waals surface area contributed by atoms with E-state index in [1.54, 1.807) is 12.1 Å². The highest BCUT2D eigenvalue weighted by atomic mass is 16.5. The number of carbonyl (C=O) groups is 1. The van der Waals surface area contributed by atoms with Crippen LogP contribution in [0, 0.1) is 0 Å². The van der Waals surface area contributed by atoms with Gasteiger partial charge in [-0.2, -0.15) is 0 Å². The summed E-state index contributed by atoms with van der Waals surface area (Å²) >= 11 is 0. The van der Waals surface area contributed by atoms with Gasteiger partial charge < -0.3 is 14.4 Å². The molecular weight excluding hydrogens is 410 g/mol. The Bertz CT molecular complexity index is 1090. The molecule has 1 atom stereocenters. The zero-order chi connectivity index (χ0) is 23.2. The van der Waals surface area contributed by atoms with E-state index in [4.69, 9.17) is 9.47 Å². The molecule has 4 nitrogen and oxygen atoms in total. The van der Waals surface area contributed by atoms with Gasteiger partial charge in [0, 0.05) is 5.92 Å². The normalized spacial score (nSPS) is 14.8. The van der Waals surface area contributed by atoms with Crippen molar-refractivity contribution in [3.63, 3.8) is 0 Å². The fraction of sp³-hybridized carbons (Fsp3) is 0.345. The number of fused-ring (bicyclic) bond motifs is 2. The SMILES string of the molecule is COC(=O)c1ccc(COc2ccc3c(c2)CCc2ccccc2C3CCCN(C)C)cc1. The minimum absolute atomic E-state index is 0.325. The summed E-state index contributed by atoms with van der Waals surface area (Å²) in [6.45, 7) is 1.57. The van der Waals surface area contributed by atoms with Crippen molar-refractivity contribution in [1.82, 2.24) is 4.90 Å². The van der Waals surface area contributed by atoms with Crippen LogP contribution in [0.25, 0.3) is 0 Å². The standard InChI is InChI=1S/C29H33NO3/c1-30(2)18-6-9-28-26-8-5-4-7-22(26)14-15-24-19-25(16-17-27(24)28)33-20-21-10-12-23(13-11-21)29(31)32-3/h4-5,7-8,10-13,16-17,19,28H,6,9,14-15,18,20H2,1-3H3. The molecule has 4 heteroatoms. The molecule has 0 radical (unpaired) electrons. The Labute approximate surface area is 197 Å². The fourth-order valence-electron chi connectivity index (χ4n) is 4.71. The highest BCUT2D eigenvalue weighted by molar-refractivity contribution is 5.89. The second-order valence-corrected chi connectivity index (χ2v) is 9.03. The summed E-state index contributed by atoms with van der Waals surface area (Å²) in [5.41, 5.74) is 7.34. The number of rotatable bonds is 8. The maximum absolute atomic E-state index is 11.6. The minimum Gasteiger partial charge on any atom is -0.489 e. The molecule has 0 saturated heterocycles. The van der Waals surface area contributed by atoms with Crippen molar-refractivity contribution in [3.05, 3.63) is 100 Å². The van der Waals surface area contributed by atoms with E-state index in [-0.39, 0.29) is 5.97 Å². The molecule has 0 amide bonds. The van der Waals surface area contributed by atoms with Crippen LogP contribution in [0.15, 0.2) is 66.7 Å². The Morgan fingerprint density at radius 3 is 2.42 bits per heavy atom. The Morgan fingerprint density at radius 1 is 0.939 bits per heavy atom. The van der Waals surface area contributed by atoms with E-state index in [0.717, 1.165) is 37.1 Å². The van der Waals surface area contributed by atoms with Crippen LogP contribution in [-0.2, 0) is 24.2 Å². The monoisotopic (exact) mass is 443 g/mol. The molecule has 3 aromatic carbocycles. The number of ether oxygens (including phenoxy) is 2. The number of carbonyl (C=O) groups excluding carboxylic acids is 1. The molecule has 0 heterocycles. The first kappa shape index (κ1) is 23.1. The van der Waals surface area contributed by atoms with Gasteiger partial charge in [-0.3, -0.25) is 0 Å². The highest BCUT2D eigenvalue weighted by Crippen LogP contribution is 2.38. The maximum atomic E-state index is 11.6. The molecule has 0 saturated carbocycles. The van der Waals surface area contributed by atoms with Crippen molar-refractivity contribution in [2.75, 3.05) is 27.7 Å². The topological polar surface area (TPSA) is 38.8 Å². The van der Waals surface area contributed by atoms with Gasteiger partial charge in [0.1, 0.15) is 12.4 Å². The van der Waals surface area contributed by atoms with Crippen molar-refractivity contribution in [3.8, 4) is 5.75 Å². The molecule has 172 valence electrons. The summed E-state index contributed by atoms with van der Waals surface area (Å²) in [5, 5.41) is 0. The largest absolute Gasteiger partial charge is 0.489 e. The number of nitrogens with zero attached hydrogens (tertiary/aromatic N) is 1. The van der Waals surface area contributed by atoms with Crippen molar-refractivity contribution in [1.29, 1.82) is 0 Å². The molecule has 0 N–H and O–H groups in total. The number of methoxy groups -OCH3 is 1. The lowest BCUT2D eigenvalue weighted by atomic mass is 9.84. The first-order chi connectivity index (χ1) is 16.0. The fourth-order valence-corrected chi connectivity index (χ4v) is 4.71. The number of benzene rings is 3. The number of hydrogen-bond acceptors (Lipinski definition) is 4. The molecule has 0 spiro atoms. The summed E-state index contributed by atoms with van der Waals surface area (Å²) in [5.74, 6) is 0.997. The summed E-state index contributed by atoms with van der Waals surface area (Å²) in [4.78, 5) is 13.9. The van der Waals surface area contributed by atoms with Crippen LogP contribution in [0.3, 0.4) is 0 Å². The Kier molecular flexibility index (Phi) is 7.46. The molecule has 0 bridgehead atoms. The number of esters is 1. The summed E-state index contributed by atoms with van der Waals surface area (Å²) in [6, 6.07) is 22.9. The van der Waals surface area contributed by atoms with Gasteiger partial charge in [-0.1, -0.05) is 42.5 Å². The third kappa shape index (κ3) is 5.63. The van der Waals surface area contributed by atoms with Crippen LogP contribution in [0.1, 0.15) is 56.9 Å². The quantitative estimate of drug-likeness (QED) is 0.423. The van der Waals surface area contributed by atoms with E-state index in [2.05, 4.69) is 61.5 Å². The highest BCUT2D eigenvalue weighted by Gasteiger charge is 2.23. The van der Waals surface area contributed by atoms with Crippen LogP contribution < -0.4 is 4.74 Å². The first-order valence-electron chi connectivity index (χ1n) is 11.7. The van der Waals surface area contributed by atoms with Crippen molar-refractivity contribution in [2.45, 2.75) is 38.2 Å². The van der Waals surface area contributed by atoms with Crippen molar-refractivity contribution in [2.24, 2.45) is 0 Å². The minimum atomic E-state index is -0.325. The van der Waals surface area contributed by atoms with Crippen LogP contribution in [0.5, 0.6) is 5.75 Å². The van der Waals surface area contributed by atoms with Gasteiger partial charge in [0.15, 0.2) is 0 Å². The lowest BCUT2D eigenvalue weighted by Gasteiger charge is -2.22. The zero-order valence-electron chi connectivity index (χ0n) is 19.8. The molecule has 0 fully saturated rings. The van der Waals surface area contributed by atoms with Crippen LogP contribution in [-0.4, -0.2) is 38.6 Å². The molecular formula is C29H33NO3. The summed E-state index contributed by atoms with van der Waals surface area (Å²) in [6.07, 6.45) is 4.41. The van der Waals surface area contributed by atoms with Gasteiger partial charge in [0.05, 0.1) is 12.7 Å². The van der Waals surface area contributed by atoms with E-state index in [1.807, 2.05) is 12.1 Å². The first-order valence-corrected chi connectivity index (χ1v) is 11.7. The molecule has 0 aromatic heterocycles. The third-order valence-electron chi connectivity index (χ3n) is 6.46. The Hall–Kier alpha value is -3.11. The smallest absolute Gasteiger partial charge is 0.337 e. The van der Waals surface area contributed by atoms with Gasteiger partial charge in [0.25, 0.3) is 0 Å². The van der Waals surface area contributed by atoms with Crippen molar-refractivity contribution < 1.29 is 14.3 Å². The van der Waals surface area contributed by atoms with Gasteiger partial charge >= 0.3 is 5.97 Å². The average molecular weight is 444 g/mol. The van der Waals surface area contributed by atoms with E-state index < -0.39 is 0 Å². The molecule has 33 heavy (non-hydrogen) atoms. The van der Waals surface area contributed by atoms with E-state index in [0.29, 0.717) is 18.1 Å².